The summed E-state index contributed by atoms with van der Waals surface area (Å²) in [6.07, 6.45) is 1.73. The van der Waals surface area contributed by atoms with E-state index in [2.05, 4.69) is 16.8 Å². The second kappa shape index (κ2) is 8.19. The van der Waals surface area contributed by atoms with Crippen molar-refractivity contribution in [1.82, 2.24) is 0 Å². The van der Waals surface area contributed by atoms with Gasteiger partial charge in [-0.25, -0.2) is 9.38 Å². The van der Waals surface area contributed by atoms with Crippen LogP contribution >= 0.6 is 11.6 Å². The van der Waals surface area contributed by atoms with Gasteiger partial charge in [-0.2, -0.15) is 5.26 Å². The highest BCUT2D eigenvalue weighted by molar-refractivity contribution is 6.64. The summed E-state index contributed by atoms with van der Waals surface area (Å²) in [6.45, 7) is 2.01. The van der Waals surface area contributed by atoms with Crippen LogP contribution in [0.2, 0.25) is 0 Å². The highest BCUT2D eigenvalue weighted by Crippen LogP contribution is 2.11. The first kappa shape index (κ1) is 16.0. The molecule has 1 rings (SSSR count). The van der Waals surface area contributed by atoms with Crippen LogP contribution in [0.4, 0.5) is 4.39 Å². The first-order valence-corrected chi connectivity index (χ1v) is 6.60. The summed E-state index contributed by atoms with van der Waals surface area (Å²) in [5.41, 5.74) is 6.54. The Morgan fingerprint density at radius 2 is 2.30 bits per heavy atom. The van der Waals surface area contributed by atoms with Crippen molar-refractivity contribution in [1.29, 1.82) is 5.26 Å². The summed E-state index contributed by atoms with van der Waals surface area (Å²) in [6, 6.07) is 5.90. The molecule has 0 aliphatic carbocycles. The van der Waals surface area contributed by atoms with E-state index in [0.29, 0.717) is 11.1 Å². The van der Waals surface area contributed by atoms with Gasteiger partial charge in [0.25, 0.3) is 0 Å². The molecule has 0 amide bonds. The maximum absolute atomic E-state index is 13.1. The fourth-order valence-corrected chi connectivity index (χ4v) is 1.79. The molecule has 0 bridgehead atoms. The van der Waals surface area contributed by atoms with Crippen molar-refractivity contribution >= 4 is 16.9 Å². The van der Waals surface area contributed by atoms with Gasteiger partial charge in [-0.05, 0) is 41.8 Å². The van der Waals surface area contributed by atoms with Crippen LogP contribution in [0.3, 0.4) is 0 Å². The standard InChI is InChI=1S/C15H15ClFN3/c1-2-3-14(20-15(16)19)7-5-11-4-6-13(17)10-12(11)8-9-18/h4,6,10,14H,2-3,8H2,1H3,(H2,19,20). The van der Waals surface area contributed by atoms with E-state index in [1.165, 1.54) is 12.1 Å². The molecule has 0 saturated carbocycles. The number of nitriles is 1. The minimum absolute atomic E-state index is 0.0332. The zero-order valence-electron chi connectivity index (χ0n) is 11.2. The van der Waals surface area contributed by atoms with Crippen molar-refractivity contribution < 1.29 is 4.39 Å². The van der Waals surface area contributed by atoms with Gasteiger partial charge < -0.3 is 5.73 Å². The zero-order valence-corrected chi connectivity index (χ0v) is 11.9. The topological polar surface area (TPSA) is 62.2 Å². The van der Waals surface area contributed by atoms with Gasteiger partial charge in [0.1, 0.15) is 11.9 Å². The zero-order chi connectivity index (χ0) is 15.0. The third kappa shape index (κ3) is 5.30. The molecule has 1 atom stereocenters. The van der Waals surface area contributed by atoms with Gasteiger partial charge in [0.05, 0.1) is 12.5 Å². The molecule has 1 aromatic rings. The number of benzene rings is 1. The Balaban J connectivity index is 3.05. The van der Waals surface area contributed by atoms with Gasteiger partial charge in [-0.1, -0.05) is 25.2 Å². The summed E-state index contributed by atoms with van der Waals surface area (Å²) in [4.78, 5) is 4.02. The Hall–Kier alpha value is -2.04. The second-order valence-corrected chi connectivity index (χ2v) is 4.55. The van der Waals surface area contributed by atoms with Crippen LogP contribution in [0.5, 0.6) is 0 Å². The number of nitrogens with zero attached hydrogens (tertiary/aromatic N) is 2. The number of amidine groups is 1. The van der Waals surface area contributed by atoms with E-state index in [1.807, 2.05) is 13.0 Å². The molecule has 3 nitrogen and oxygen atoms in total. The van der Waals surface area contributed by atoms with Crippen LogP contribution in [-0.4, -0.2) is 11.3 Å². The number of halogens is 2. The minimum atomic E-state index is -0.381. The molecule has 2 N–H and O–H groups in total. The minimum Gasteiger partial charge on any atom is -0.374 e. The molecular formula is C15H15ClFN3. The Morgan fingerprint density at radius 1 is 1.55 bits per heavy atom. The lowest BCUT2D eigenvalue weighted by atomic mass is 10.0. The summed E-state index contributed by atoms with van der Waals surface area (Å²) < 4.78 is 13.1. The summed E-state index contributed by atoms with van der Waals surface area (Å²) >= 11 is 5.56. The summed E-state index contributed by atoms with van der Waals surface area (Å²) in [5, 5.41) is 8.71. The van der Waals surface area contributed by atoms with Gasteiger partial charge in [-0.3, -0.25) is 0 Å². The van der Waals surface area contributed by atoms with E-state index >= 15 is 0 Å². The number of hydrogen-bond donors (Lipinski definition) is 1. The van der Waals surface area contributed by atoms with E-state index in [9.17, 15) is 4.39 Å². The smallest absolute Gasteiger partial charge is 0.189 e. The molecule has 20 heavy (non-hydrogen) atoms. The lowest BCUT2D eigenvalue weighted by Gasteiger charge is -2.03. The van der Waals surface area contributed by atoms with Crippen molar-refractivity contribution in [2.45, 2.75) is 32.2 Å². The quantitative estimate of drug-likeness (QED) is 0.401. The largest absolute Gasteiger partial charge is 0.374 e. The van der Waals surface area contributed by atoms with Crippen molar-refractivity contribution in [2.75, 3.05) is 0 Å². The van der Waals surface area contributed by atoms with Gasteiger partial charge in [-0.15, -0.1) is 0 Å². The van der Waals surface area contributed by atoms with E-state index < -0.39 is 0 Å². The third-order valence-electron chi connectivity index (χ3n) is 2.55. The van der Waals surface area contributed by atoms with E-state index in [0.717, 1.165) is 12.8 Å². The van der Waals surface area contributed by atoms with Crippen molar-refractivity contribution in [3.8, 4) is 17.9 Å². The number of hydrogen-bond acceptors (Lipinski definition) is 2. The monoisotopic (exact) mass is 291 g/mol. The second-order valence-electron chi connectivity index (χ2n) is 4.16. The molecule has 0 heterocycles. The maximum atomic E-state index is 13.1. The van der Waals surface area contributed by atoms with Gasteiger partial charge in [0, 0.05) is 5.56 Å². The van der Waals surface area contributed by atoms with Crippen LogP contribution < -0.4 is 5.73 Å². The van der Waals surface area contributed by atoms with E-state index in [4.69, 9.17) is 22.6 Å². The molecule has 0 aliphatic heterocycles. The average molecular weight is 292 g/mol. The lowest BCUT2D eigenvalue weighted by Crippen LogP contribution is -2.09. The van der Waals surface area contributed by atoms with Gasteiger partial charge in [0.15, 0.2) is 5.29 Å². The Bertz CT molecular complexity index is 589. The fourth-order valence-electron chi connectivity index (χ4n) is 1.67. The predicted octanol–water partition coefficient (Wildman–Crippen LogP) is 2.97. The molecular weight excluding hydrogens is 277 g/mol. The molecule has 104 valence electrons. The van der Waals surface area contributed by atoms with Crippen LogP contribution in [0.25, 0.3) is 0 Å². The molecule has 5 heteroatoms. The number of rotatable bonds is 4. The van der Waals surface area contributed by atoms with Gasteiger partial charge >= 0.3 is 0 Å². The molecule has 0 radical (unpaired) electrons. The van der Waals surface area contributed by atoms with Crippen LogP contribution in [0.15, 0.2) is 23.2 Å². The van der Waals surface area contributed by atoms with Crippen molar-refractivity contribution in [3.05, 3.63) is 35.1 Å². The first-order valence-electron chi connectivity index (χ1n) is 6.22. The Kier molecular flexibility index (Phi) is 6.56. The fraction of sp³-hybridized carbons (Fsp3) is 0.333. The summed E-state index contributed by atoms with van der Waals surface area (Å²) in [5.74, 6) is 5.50. The Labute approximate surface area is 123 Å². The normalized spacial score (nSPS) is 12.2. The molecule has 0 aliphatic rings. The van der Waals surface area contributed by atoms with E-state index in [-0.39, 0.29) is 23.6 Å². The third-order valence-corrected chi connectivity index (χ3v) is 2.65. The van der Waals surface area contributed by atoms with Crippen LogP contribution in [-0.2, 0) is 6.42 Å². The molecule has 0 saturated heterocycles. The van der Waals surface area contributed by atoms with Crippen LogP contribution in [0.1, 0.15) is 30.9 Å². The molecule has 0 aromatic heterocycles. The van der Waals surface area contributed by atoms with Crippen molar-refractivity contribution in [3.63, 3.8) is 0 Å². The highest BCUT2D eigenvalue weighted by atomic mass is 35.5. The summed E-state index contributed by atoms with van der Waals surface area (Å²) in [7, 11) is 0. The number of nitrogens with two attached hydrogens (primary N) is 1. The predicted molar refractivity (Wildman–Crippen MR) is 78.8 cm³/mol. The van der Waals surface area contributed by atoms with E-state index in [1.54, 1.807) is 6.07 Å². The first-order chi connectivity index (χ1) is 9.56. The van der Waals surface area contributed by atoms with Crippen molar-refractivity contribution in [2.24, 2.45) is 10.7 Å². The Morgan fingerprint density at radius 3 is 2.90 bits per heavy atom. The molecule has 0 fully saturated rings. The molecule has 0 spiro atoms. The SMILES string of the molecule is CCCC(C#Cc1ccc(F)cc1CC#N)N=C(N)Cl. The maximum Gasteiger partial charge on any atom is 0.189 e. The van der Waals surface area contributed by atoms with Crippen LogP contribution in [0, 0.1) is 29.0 Å². The lowest BCUT2D eigenvalue weighted by molar-refractivity contribution is 0.626. The molecule has 1 unspecified atom stereocenters. The highest BCUT2D eigenvalue weighted by Gasteiger charge is 2.04. The average Bonchev–Trinajstić information content (AvgIpc) is 2.37. The number of aliphatic imine (C=N–C) groups is 1. The van der Waals surface area contributed by atoms with Gasteiger partial charge in [0.2, 0.25) is 0 Å². The molecule has 1 aromatic carbocycles.